The minimum atomic E-state index is -0.622. The molecule has 4 rings (SSSR count). The number of esters is 1. The van der Waals surface area contributed by atoms with Crippen molar-refractivity contribution >= 4 is 11.9 Å². The van der Waals surface area contributed by atoms with Crippen LogP contribution in [0.1, 0.15) is 60.9 Å². The quantitative estimate of drug-likeness (QED) is 0.806. The molecule has 1 aromatic rings. The lowest BCUT2D eigenvalue weighted by Crippen LogP contribution is -2.43. The average Bonchev–Trinajstić information content (AvgIpc) is 2.97. The normalized spacial score (nSPS) is 27.5. The van der Waals surface area contributed by atoms with E-state index in [1.165, 1.54) is 25.3 Å². The molecule has 1 amide bonds. The van der Waals surface area contributed by atoms with Gasteiger partial charge < -0.3 is 19.6 Å². The number of piperidine rings is 1. The van der Waals surface area contributed by atoms with Gasteiger partial charge in [-0.05, 0) is 63.7 Å². The molecule has 3 aliphatic rings. The van der Waals surface area contributed by atoms with E-state index >= 15 is 0 Å². The van der Waals surface area contributed by atoms with Crippen molar-refractivity contribution in [3.8, 4) is 5.75 Å². The number of phenolic OH excluding ortho intramolecular Hbond substituents is 1. The first-order chi connectivity index (χ1) is 13.5. The van der Waals surface area contributed by atoms with Crippen LogP contribution in [0, 0.1) is 5.92 Å². The second kappa shape index (κ2) is 7.74. The first kappa shape index (κ1) is 19.2. The molecule has 1 N–H and O–H groups in total. The fraction of sp³-hybridized carbons (Fsp3) is 0.636. The van der Waals surface area contributed by atoms with E-state index in [2.05, 4.69) is 4.90 Å². The van der Waals surface area contributed by atoms with Gasteiger partial charge in [0.1, 0.15) is 11.4 Å². The number of likely N-dealkylation sites (N-methyl/N-ethyl adjacent to an activating group) is 1. The molecule has 0 aromatic heterocycles. The Hall–Kier alpha value is -2.08. The van der Waals surface area contributed by atoms with Crippen LogP contribution in [0.4, 0.5) is 0 Å². The van der Waals surface area contributed by atoms with Crippen LogP contribution in [0.15, 0.2) is 18.2 Å². The molecule has 0 unspecified atom stereocenters. The molecule has 2 fully saturated rings. The zero-order chi connectivity index (χ0) is 19.7. The largest absolute Gasteiger partial charge is 0.508 e. The molecule has 2 heterocycles. The topological polar surface area (TPSA) is 70.1 Å². The van der Waals surface area contributed by atoms with E-state index < -0.39 is 5.60 Å². The van der Waals surface area contributed by atoms with E-state index in [4.69, 9.17) is 4.74 Å². The fourth-order valence-electron chi connectivity index (χ4n) is 4.98. The van der Waals surface area contributed by atoms with Gasteiger partial charge in [0.25, 0.3) is 0 Å². The first-order valence-corrected chi connectivity index (χ1v) is 10.5. The number of carbonyl (C=O) groups excluding carboxylic acids is 2. The zero-order valence-corrected chi connectivity index (χ0v) is 16.7. The predicted molar refractivity (Wildman–Crippen MR) is 105 cm³/mol. The monoisotopic (exact) mass is 386 g/mol. The maximum Gasteiger partial charge on any atom is 0.339 e. The number of hydrogen-bond donors (Lipinski definition) is 1. The maximum atomic E-state index is 12.9. The summed E-state index contributed by atoms with van der Waals surface area (Å²) in [6.07, 6.45) is 6.61. The van der Waals surface area contributed by atoms with Crippen LogP contribution in [-0.2, 0) is 15.1 Å². The molecule has 1 aliphatic carbocycles. The van der Waals surface area contributed by atoms with Crippen LogP contribution in [0.2, 0.25) is 0 Å². The third-order valence-corrected chi connectivity index (χ3v) is 6.72. The molecule has 152 valence electrons. The Morgan fingerprint density at radius 1 is 1.25 bits per heavy atom. The number of nitrogens with zero attached hydrogens (tertiary/aromatic N) is 2. The summed E-state index contributed by atoms with van der Waals surface area (Å²) in [5.41, 5.74) is 0.701. The van der Waals surface area contributed by atoms with Gasteiger partial charge in [-0.3, -0.25) is 4.79 Å². The summed E-state index contributed by atoms with van der Waals surface area (Å²) in [4.78, 5) is 29.5. The molecular formula is C22H30N2O4. The summed E-state index contributed by atoms with van der Waals surface area (Å²) < 4.78 is 5.75. The summed E-state index contributed by atoms with van der Waals surface area (Å²) in [5, 5.41) is 9.66. The number of benzene rings is 1. The standard InChI is InChI=1S/C22H30N2O4/c1-23(13-14-24-11-3-2-4-12-24)20(26)16-7-9-22(10-8-16)19-6-5-17(25)15-18(19)21(27)28-22/h5-6,15-16,25H,2-4,7-14H2,1H3/t16-,22-. The zero-order valence-electron chi connectivity index (χ0n) is 16.7. The number of fused-ring (bicyclic) bond motifs is 2. The molecular weight excluding hydrogens is 356 g/mol. The summed E-state index contributed by atoms with van der Waals surface area (Å²) in [5.74, 6) is -0.0831. The number of phenols is 1. The van der Waals surface area contributed by atoms with Gasteiger partial charge in [0.2, 0.25) is 5.91 Å². The lowest BCUT2D eigenvalue weighted by molar-refractivity contribution is -0.137. The van der Waals surface area contributed by atoms with E-state index in [0.717, 1.165) is 44.6 Å². The SMILES string of the molecule is CN(CCN1CCCCC1)C(=O)[C@H]1CC[C@@]2(CC1)OC(=O)c1cc(O)ccc12. The number of aromatic hydroxyl groups is 1. The Morgan fingerprint density at radius 2 is 1.96 bits per heavy atom. The van der Waals surface area contributed by atoms with Crippen LogP contribution in [0.25, 0.3) is 0 Å². The van der Waals surface area contributed by atoms with Gasteiger partial charge in [0, 0.05) is 31.6 Å². The highest BCUT2D eigenvalue weighted by atomic mass is 16.6. The van der Waals surface area contributed by atoms with E-state index in [-0.39, 0.29) is 23.5 Å². The second-order valence-electron chi connectivity index (χ2n) is 8.55. The van der Waals surface area contributed by atoms with Gasteiger partial charge in [0.05, 0.1) is 5.56 Å². The Balaban J connectivity index is 1.34. The average molecular weight is 386 g/mol. The summed E-state index contributed by atoms with van der Waals surface area (Å²) in [7, 11) is 1.91. The fourth-order valence-corrected chi connectivity index (χ4v) is 4.98. The number of ether oxygens (including phenoxy) is 1. The number of rotatable bonds is 4. The van der Waals surface area contributed by atoms with E-state index in [0.29, 0.717) is 18.4 Å². The van der Waals surface area contributed by atoms with Crippen molar-refractivity contribution in [2.24, 2.45) is 5.92 Å². The summed E-state index contributed by atoms with van der Waals surface area (Å²) in [6.45, 7) is 4.02. The maximum absolute atomic E-state index is 12.9. The smallest absolute Gasteiger partial charge is 0.339 e. The number of likely N-dealkylation sites (tertiary alicyclic amines) is 1. The van der Waals surface area contributed by atoms with Crippen LogP contribution in [0.5, 0.6) is 5.75 Å². The lowest BCUT2D eigenvalue weighted by Gasteiger charge is -2.37. The summed E-state index contributed by atoms with van der Waals surface area (Å²) in [6, 6.07) is 4.88. The highest BCUT2D eigenvalue weighted by Gasteiger charge is 2.48. The Morgan fingerprint density at radius 3 is 2.68 bits per heavy atom. The van der Waals surface area contributed by atoms with Crippen molar-refractivity contribution in [2.75, 3.05) is 33.2 Å². The molecule has 6 heteroatoms. The highest BCUT2D eigenvalue weighted by molar-refractivity contribution is 5.95. The van der Waals surface area contributed by atoms with Gasteiger partial charge in [-0.15, -0.1) is 0 Å². The van der Waals surface area contributed by atoms with E-state index in [9.17, 15) is 14.7 Å². The van der Waals surface area contributed by atoms with Gasteiger partial charge >= 0.3 is 5.97 Å². The van der Waals surface area contributed by atoms with Crippen molar-refractivity contribution in [3.63, 3.8) is 0 Å². The minimum absolute atomic E-state index is 0.00292. The first-order valence-electron chi connectivity index (χ1n) is 10.5. The molecule has 1 saturated carbocycles. The number of amides is 1. The highest BCUT2D eigenvalue weighted by Crippen LogP contribution is 2.48. The van der Waals surface area contributed by atoms with Crippen molar-refractivity contribution in [1.29, 1.82) is 0 Å². The van der Waals surface area contributed by atoms with Crippen LogP contribution < -0.4 is 0 Å². The molecule has 0 radical (unpaired) electrons. The number of carbonyl (C=O) groups is 2. The minimum Gasteiger partial charge on any atom is -0.508 e. The Bertz CT molecular complexity index is 749. The molecule has 1 aromatic carbocycles. The van der Waals surface area contributed by atoms with Gasteiger partial charge in [-0.25, -0.2) is 4.79 Å². The third-order valence-electron chi connectivity index (χ3n) is 6.72. The van der Waals surface area contributed by atoms with Crippen molar-refractivity contribution in [3.05, 3.63) is 29.3 Å². The molecule has 1 saturated heterocycles. The number of hydrogen-bond acceptors (Lipinski definition) is 5. The van der Waals surface area contributed by atoms with Crippen molar-refractivity contribution < 1.29 is 19.4 Å². The molecule has 0 bridgehead atoms. The van der Waals surface area contributed by atoms with Crippen LogP contribution in [0.3, 0.4) is 0 Å². The lowest BCUT2D eigenvalue weighted by atomic mass is 9.74. The second-order valence-corrected chi connectivity index (χ2v) is 8.55. The molecule has 2 aliphatic heterocycles. The molecule has 1 spiro atoms. The third kappa shape index (κ3) is 3.62. The Labute approximate surface area is 166 Å². The van der Waals surface area contributed by atoms with E-state index in [1.807, 2.05) is 11.9 Å². The molecule has 28 heavy (non-hydrogen) atoms. The Kier molecular flexibility index (Phi) is 5.32. The predicted octanol–water partition coefficient (Wildman–Crippen LogP) is 2.89. The summed E-state index contributed by atoms with van der Waals surface area (Å²) >= 11 is 0. The molecule has 0 atom stereocenters. The van der Waals surface area contributed by atoms with Crippen LogP contribution >= 0.6 is 0 Å². The van der Waals surface area contributed by atoms with Crippen LogP contribution in [-0.4, -0.2) is 60.0 Å². The van der Waals surface area contributed by atoms with Gasteiger partial charge in [-0.1, -0.05) is 12.5 Å². The van der Waals surface area contributed by atoms with Gasteiger partial charge in [0.15, 0.2) is 0 Å². The van der Waals surface area contributed by atoms with E-state index in [1.54, 1.807) is 12.1 Å². The van der Waals surface area contributed by atoms with Crippen molar-refractivity contribution in [2.45, 2.75) is 50.5 Å². The van der Waals surface area contributed by atoms with Gasteiger partial charge in [-0.2, -0.15) is 0 Å². The van der Waals surface area contributed by atoms with Crippen molar-refractivity contribution in [1.82, 2.24) is 9.80 Å². The molecule has 6 nitrogen and oxygen atoms in total.